The van der Waals surface area contributed by atoms with Crippen molar-refractivity contribution in [1.29, 1.82) is 0 Å². The summed E-state index contributed by atoms with van der Waals surface area (Å²) in [4.78, 5) is 20.6. The van der Waals surface area contributed by atoms with Gasteiger partial charge in [0.05, 0.1) is 5.69 Å². The monoisotopic (exact) mass is 344 g/mol. The van der Waals surface area contributed by atoms with Crippen LogP contribution in [0, 0.1) is 13.8 Å². The van der Waals surface area contributed by atoms with Crippen LogP contribution in [0.1, 0.15) is 21.9 Å². The van der Waals surface area contributed by atoms with E-state index in [1.54, 1.807) is 44.2 Å². The minimum atomic E-state index is -3.92. The molecule has 8 heteroatoms. The first kappa shape index (κ1) is 16.1. The van der Waals surface area contributed by atoms with Gasteiger partial charge in [-0.3, -0.25) is 9.10 Å². The Morgan fingerprint density at radius 2 is 1.88 bits per heavy atom. The molecule has 2 heterocycles. The number of sulfonamides is 1. The van der Waals surface area contributed by atoms with E-state index < -0.39 is 15.8 Å². The molecule has 0 saturated heterocycles. The van der Waals surface area contributed by atoms with Gasteiger partial charge < -0.3 is 5.32 Å². The fourth-order valence-electron chi connectivity index (χ4n) is 2.54. The van der Waals surface area contributed by atoms with Crippen LogP contribution in [0.25, 0.3) is 0 Å². The third-order valence-corrected chi connectivity index (χ3v) is 5.44. The van der Waals surface area contributed by atoms with E-state index >= 15 is 0 Å². The van der Waals surface area contributed by atoms with E-state index in [1.807, 2.05) is 0 Å². The van der Waals surface area contributed by atoms with Crippen molar-refractivity contribution in [3.8, 4) is 0 Å². The molecular weight excluding hydrogens is 328 g/mol. The SMILES string of the molecule is Cc1cc(NC=C2C(=O)c3ccccc3N(C)S2(=O)=O)nc(C)n1. The fraction of sp³-hybridized carbons (Fsp3) is 0.188. The molecule has 3 rings (SSSR count). The van der Waals surface area contributed by atoms with Crippen LogP contribution in [0.3, 0.4) is 0 Å². The first-order valence-corrected chi connectivity index (χ1v) is 8.66. The highest BCUT2D eigenvalue weighted by Gasteiger charge is 2.37. The number of benzene rings is 1. The molecule has 0 spiro atoms. The Balaban J connectivity index is 2.05. The second kappa shape index (κ2) is 5.72. The molecule has 1 aliphatic rings. The smallest absolute Gasteiger partial charge is 0.269 e. The first-order valence-electron chi connectivity index (χ1n) is 7.22. The molecular formula is C16H16N4O3S. The Kier molecular flexibility index (Phi) is 3.84. The molecule has 0 amide bonds. The normalized spacial score (nSPS) is 17.7. The maximum absolute atomic E-state index is 12.6. The van der Waals surface area contributed by atoms with E-state index in [-0.39, 0.29) is 4.91 Å². The van der Waals surface area contributed by atoms with E-state index in [9.17, 15) is 13.2 Å². The lowest BCUT2D eigenvalue weighted by Crippen LogP contribution is -2.36. The molecule has 0 fully saturated rings. The van der Waals surface area contributed by atoms with Gasteiger partial charge in [0.25, 0.3) is 10.0 Å². The molecule has 1 aromatic heterocycles. The molecule has 0 saturated carbocycles. The summed E-state index contributed by atoms with van der Waals surface area (Å²) in [7, 11) is -2.49. The van der Waals surface area contributed by atoms with Crippen molar-refractivity contribution in [1.82, 2.24) is 9.97 Å². The van der Waals surface area contributed by atoms with E-state index in [0.717, 1.165) is 10.00 Å². The maximum Gasteiger partial charge on any atom is 0.269 e. The summed E-state index contributed by atoms with van der Waals surface area (Å²) >= 11 is 0. The first-order chi connectivity index (χ1) is 11.3. The van der Waals surface area contributed by atoms with Crippen LogP contribution in [0.5, 0.6) is 0 Å². The molecule has 0 atom stereocenters. The quantitative estimate of drug-likeness (QED) is 0.838. The van der Waals surface area contributed by atoms with Crippen molar-refractivity contribution >= 4 is 27.3 Å². The van der Waals surface area contributed by atoms with Crippen molar-refractivity contribution in [2.45, 2.75) is 13.8 Å². The number of ketones is 1. The van der Waals surface area contributed by atoms with Crippen LogP contribution in [0.15, 0.2) is 41.4 Å². The van der Waals surface area contributed by atoms with Crippen molar-refractivity contribution in [3.05, 3.63) is 58.5 Å². The highest BCUT2D eigenvalue weighted by atomic mass is 32.2. The summed E-state index contributed by atoms with van der Waals surface area (Å²) < 4.78 is 26.3. The van der Waals surface area contributed by atoms with Crippen LogP contribution < -0.4 is 9.62 Å². The van der Waals surface area contributed by atoms with Crippen LogP contribution in [0.2, 0.25) is 0 Å². The summed E-state index contributed by atoms with van der Waals surface area (Å²) in [5, 5.41) is 2.79. The number of nitrogens with one attached hydrogen (secondary N) is 1. The highest BCUT2D eigenvalue weighted by molar-refractivity contribution is 7.97. The Labute approximate surface area is 140 Å². The maximum atomic E-state index is 12.6. The zero-order chi connectivity index (χ0) is 17.5. The summed E-state index contributed by atoms with van der Waals surface area (Å²) in [5.74, 6) is 0.437. The number of para-hydroxylation sites is 1. The second-order valence-corrected chi connectivity index (χ2v) is 7.35. The molecule has 1 N–H and O–H groups in total. The van der Waals surface area contributed by atoms with Crippen molar-refractivity contribution in [3.63, 3.8) is 0 Å². The van der Waals surface area contributed by atoms with Gasteiger partial charge in [-0.2, -0.15) is 0 Å². The number of fused-ring (bicyclic) bond motifs is 1. The van der Waals surface area contributed by atoms with Gasteiger partial charge in [0, 0.05) is 30.6 Å². The summed E-state index contributed by atoms with van der Waals surface area (Å²) in [6.07, 6.45) is 1.19. The molecule has 24 heavy (non-hydrogen) atoms. The number of Topliss-reactive ketones (excluding diaryl/α,β-unsaturated/α-hetero) is 1. The molecule has 0 radical (unpaired) electrons. The third kappa shape index (κ3) is 2.65. The number of anilines is 2. The van der Waals surface area contributed by atoms with Gasteiger partial charge in [-0.1, -0.05) is 12.1 Å². The number of aryl methyl sites for hydroxylation is 2. The van der Waals surface area contributed by atoms with E-state index in [4.69, 9.17) is 0 Å². The topological polar surface area (TPSA) is 92.3 Å². The predicted molar refractivity (Wildman–Crippen MR) is 91.3 cm³/mol. The Bertz CT molecular complexity index is 947. The Morgan fingerprint density at radius 3 is 2.58 bits per heavy atom. The molecule has 7 nitrogen and oxygen atoms in total. The number of rotatable bonds is 2. The lowest BCUT2D eigenvalue weighted by Gasteiger charge is -2.27. The Hall–Kier alpha value is -2.74. The largest absolute Gasteiger partial charge is 0.345 e. The van der Waals surface area contributed by atoms with E-state index in [1.165, 1.54) is 13.2 Å². The lowest BCUT2D eigenvalue weighted by molar-refractivity contribution is 0.104. The van der Waals surface area contributed by atoms with Gasteiger partial charge in [0.15, 0.2) is 4.91 Å². The highest BCUT2D eigenvalue weighted by Crippen LogP contribution is 2.33. The number of hydrogen-bond acceptors (Lipinski definition) is 6. The van der Waals surface area contributed by atoms with Gasteiger partial charge >= 0.3 is 0 Å². The molecule has 0 bridgehead atoms. The van der Waals surface area contributed by atoms with E-state index in [0.29, 0.717) is 22.9 Å². The number of nitrogens with zero attached hydrogens (tertiary/aromatic N) is 3. The molecule has 1 aromatic carbocycles. The van der Waals surface area contributed by atoms with Gasteiger partial charge in [-0.25, -0.2) is 18.4 Å². The van der Waals surface area contributed by atoms with Crippen LogP contribution in [-0.2, 0) is 10.0 Å². The van der Waals surface area contributed by atoms with Crippen LogP contribution in [0.4, 0.5) is 11.5 Å². The van der Waals surface area contributed by atoms with Crippen molar-refractivity contribution in [2.75, 3.05) is 16.7 Å². The predicted octanol–water partition coefficient (Wildman–Crippen LogP) is 2.01. The summed E-state index contributed by atoms with van der Waals surface area (Å²) in [6, 6.07) is 8.27. The standard InChI is InChI=1S/C16H16N4O3S/c1-10-8-15(19-11(2)18-10)17-9-14-16(21)12-6-4-5-7-13(12)20(3)24(14,22)23/h4-9H,1-3H3,(H,17,18,19). The van der Waals surface area contributed by atoms with Crippen LogP contribution >= 0.6 is 0 Å². The number of allylic oxidation sites excluding steroid dienone is 1. The fourth-order valence-corrected chi connectivity index (χ4v) is 3.80. The van der Waals surface area contributed by atoms with Gasteiger partial charge in [0.1, 0.15) is 11.6 Å². The molecule has 124 valence electrons. The molecule has 1 aliphatic heterocycles. The molecule has 0 aliphatic carbocycles. The average Bonchev–Trinajstić information content (AvgIpc) is 2.52. The Morgan fingerprint density at radius 1 is 1.17 bits per heavy atom. The lowest BCUT2D eigenvalue weighted by atomic mass is 10.1. The van der Waals surface area contributed by atoms with Crippen molar-refractivity contribution in [2.24, 2.45) is 0 Å². The number of aromatic nitrogens is 2. The minimum Gasteiger partial charge on any atom is -0.345 e. The van der Waals surface area contributed by atoms with Gasteiger partial charge in [0.2, 0.25) is 5.78 Å². The van der Waals surface area contributed by atoms with Gasteiger partial charge in [-0.05, 0) is 26.0 Å². The van der Waals surface area contributed by atoms with E-state index in [2.05, 4.69) is 15.3 Å². The molecule has 2 aromatic rings. The van der Waals surface area contributed by atoms with Crippen LogP contribution in [-0.4, -0.2) is 31.2 Å². The number of hydrogen-bond donors (Lipinski definition) is 1. The van der Waals surface area contributed by atoms with Crippen molar-refractivity contribution < 1.29 is 13.2 Å². The summed E-state index contributed by atoms with van der Waals surface area (Å²) in [6.45, 7) is 3.54. The summed E-state index contributed by atoms with van der Waals surface area (Å²) in [5.41, 5.74) is 1.45. The zero-order valence-electron chi connectivity index (χ0n) is 13.4. The average molecular weight is 344 g/mol. The second-order valence-electron chi connectivity index (χ2n) is 5.41. The number of carbonyl (C=O) groups excluding carboxylic acids is 1. The molecule has 0 unspecified atom stereocenters. The van der Waals surface area contributed by atoms with Gasteiger partial charge in [-0.15, -0.1) is 0 Å². The third-order valence-electron chi connectivity index (χ3n) is 3.67. The number of carbonyl (C=O) groups is 1. The zero-order valence-corrected chi connectivity index (χ0v) is 14.3. The minimum absolute atomic E-state index is 0.322.